The molecular formula is C15H22O. The summed E-state index contributed by atoms with van der Waals surface area (Å²) in [6, 6.07) is 0. The molecule has 0 aromatic heterocycles. The van der Waals surface area contributed by atoms with Gasteiger partial charge in [0.2, 0.25) is 0 Å². The fourth-order valence-corrected chi connectivity index (χ4v) is 3.19. The monoisotopic (exact) mass is 218 g/mol. The number of rotatable bonds is 0. The minimum absolute atomic E-state index is 0.0845. The fourth-order valence-electron chi connectivity index (χ4n) is 3.19. The van der Waals surface area contributed by atoms with Gasteiger partial charge in [-0.05, 0) is 50.5 Å². The Labute approximate surface area is 99.3 Å². The Balaban J connectivity index is 2.36. The topological polar surface area (TPSA) is 9.23 Å². The third kappa shape index (κ3) is 1.52. The van der Waals surface area contributed by atoms with Crippen LogP contribution >= 0.6 is 0 Å². The highest BCUT2D eigenvalue weighted by molar-refractivity contribution is 5.26. The molecular weight excluding hydrogens is 196 g/mol. The van der Waals surface area contributed by atoms with E-state index in [0.29, 0.717) is 11.8 Å². The standard InChI is InChI=1S/C15H22O/c1-6-14(5)9-10-15(16-14)12(3)8-7-11(2)13(15)4/h1,8,11,13H,7,9-10H2,2-5H3/t11-,13-,14-,15+/m1/s1. The molecule has 1 spiro atoms. The lowest BCUT2D eigenvalue weighted by Crippen LogP contribution is -2.44. The van der Waals surface area contributed by atoms with Gasteiger partial charge in [0.05, 0.1) is 5.60 Å². The summed E-state index contributed by atoms with van der Waals surface area (Å²) >= 11 is 0. The first-order valence-electron chi connectivity index (χ1n) is 6.29. The molecule has 4 atom stereocenters. The number of hydrogen-bond donors (Lipinski definition) is 0. The van der Waals surface area contributed by atoms with Gasteiger partial charge in [0, 0.05) is 0 Å². The minimum Gasteiger partial charge on any atom is -0.352 e. The Morgan fingerprint density at radius 1 is 1.44 bits per heavy atom. The summed E-state index contributed by atoms with van der Waals surface area (Å²) in [5, 5.41) is 0. The highest BCUT2D eigenvalue weighted by atomic mass is 16.5. The number of ether oxygens (including phenoxy) is 1. The SMILES string of the molecule is C#C[C@]1(C)CC[C@]2(O1)C(C)=CC[C@@H](C)[C@H]2C. The van der Waals surface area contributed by atoms with E-state index in [2.05, 4.69) is 32.8 Å². The van der Waals surface area contributed by atoms with Crippen LogP contribution in [0.15, 0.2) is 11.6 Å². The van der Waals surface area contributed by atoms with Gasteiger partial charge < -0.3 is 4.74 Å². The summed E-state index contributed by atoms with van der Waals surface area (Å²) in [7, 11) is 0. The van der Waals surface area contributed by atoms with Crippen molar-refractivity contribution in [2.24, 2.45) is 11.8 Å². The van der Waals surface area contributed by atoms with Crippen LogP contribution < -0.4 is 0 Å². The van der Waals surface area contributed by atoms with Gasteiger partial charge in [-0.1, -0.05) is 25.8 Å². The third-order valence-corrected chi connectivity index (χ3v) is 4.74. The molecule has 2 rings (SSSR count). The van der Waals surface area contributed by atoms with Crippen LogP contribution in [-0.2, 0) is 4.74 Å². The Kier molecular flexibility index (Phi) is 2.67. The second-order valence-electron chi connectivity index (χ2n) is 5.76. The van der Waals surface area contributed by atoms with Gasteiger partial charge in [-0.25, -0.2) is 0 Å². The molecule has 0 saturated carbocycles. The maximum Gasteiger partial charge on any atom is 0.126 e. The van der Waals surface area contributed by atoms with E-state index in [0.717, 1.165) is 12.8 Å². The Bertz CT molecular complexity index is 362. The zero-order chi connectivity index (χ0) is 12.0. The smallest absolute Gasteiger partial charge is 0.126 e. The average molecular weight is 218 g/mol. The maximum absolute atomic E-state index is 6.32. The summed E-state index contributed by atoms with van der Waals surface area (Å²) < 4.78 is 6.32. The summed E-state index contributed by atoms with van der Waals surface area (Å²) in [6.07, 6.45) is 11.1. The van der Waals surface area contributed by atoms with Crippen molar-refractivity contribution in [3.8, 4) is 12.3 Å². The Morgan fingerprint density at radius 2 is 2.12 bits per heavy atom. The fraction of sp³-hybridized carbons (Fsp3) is 0.733. The third-order valence-electron chi connectivity index (χ3n) is 4.74. The van der Waals surface area contributed by atoms with E-state index in [1.807, 2.05) is 6.92 Å². The van der Waals surface area contributed by atoms with Crippen molar-refractivity contribution >= 4 is 0 Å². The predicted molar refractivity (Wildman–Crippen MR) is 67.0 cm³/mol. The molecule has 1 heterocycles. The largest absolute Gasteiger partial charge is 0.352 e. The van der Waals surface area contributed by atoms with E-state index in [1.54, 1.807) is 0 Å². The van der Waals surface area contributed by atoms with Gasteiger partial charge in [-0.15, -0.1) is 6.42 Å². The molecule has 0 unspecified atom stereocenters. The predicted octanol–water partition coefficient (Wildman–Crippen LogP) is 3.55. The van der Waals surface area contributed by atoms with Crippen LogP contribution in [0.4, 0.5) is 0 Å². The molecule has 0 aromatic carbocycles. The van der Waals surface area contributed by atoms with E-state index in [9.17, 15) is 0 Å². The Morgan fingerprint density at radius 3 is 2.69 bits per heavy atom. The first-order chi connectivity index (χ1) is 7.43. The average Bonchev–Trinajstić information content (AvgIpc) is 2.63. The van der Waals surface area contributed by atoms with Crippen molar-refractivity contribution in [3.63, 3.8) is 0 Å². The lowest BCUT2D eigenvalue weighted by Gasteiger charge is -2.43. The number of allylic oxidation sites excluding steroid dienone is 1. The van der Waals surface area contributed by atoms with Gasteiger partial charge in [-0.2, -0.15) is 0 Å². The summed E-state index contributed by atoms with van der Waals surface area (Å²) in [6.45, 7) is 8.86. The molecule has 88 valence electrons. The number of terminal acetylenes is 1. The molecule has 0 bridgehead atoms. The van der Waals surface area contributed by atoms with Crippen molar-refractivity contribution in [1.29, 1.82) is 0 Å². The quantitative estimate of drug-likeness (QED) is 0.446. The van der Waals surface area contributed by atoms with E-state index in [-0.39, 0.29) is 11.2 Å². The van der Waals surface area contributed by atoms with Gasteiger partial charge in [0.25, 0.3) is 0 Å². The van der Waals surface area contributed by atoms with E-state index in [4.69, 9.17) is 11.2 Å². The first kappa shape index (κ1) is 11.7. The van der Waals surface area contributed by atoms with Crippen molar-refractivity contribution in [1.82, 2.24) is 0 Å². The molecule has 1 aliphatic carbocycles. The van der Waals surface area contributed by atoms with Crippen LogP contribution in [0.5, 0.6) is 0 Å². The van der Waals surface area contributed by atoms with Crippen LogP contribution in [0.25, 0.3) is 0 Å². The van der Waals surface area contributed by atoms with Crippen molar-refractivity contribution in [2.75, 3.05) is 0 Å². The molecule has 1 fully saturated rings. The number of hydrogen-bond acceptors (Lipinski definition) is 1. The van der Waals surface area contributed by atoms with Gasteiger partial charge >= 0.3 is 0 Å². The Hall–Kier alpha value is -0.740. The second-order valence-corrected chi connectivity index (χ2v) is 5.76. The molecule has 1 saturated heterocycles. The molecule has 1 aliphatic heterocycles. The molecule has 0 amide bonds. The summed E-state index contributed by atoms with van der Waals surface area (Å²) in [5.74, 6) is 4.07. The molecule has 0 aromatic rings. The van der Waals surface area contributed by atoms with Crippen LogP contribution in [0.2, 0.25) is 0 Å². The zero-order valence-electron chi connectivity index (χ0n) is 10.8. The summed E-state index contributed by atoms with van der Waals surface area (Å²) in [4.78, 5) is 0. The van der Waals surface area contributed by atoms with Crippen molar-refractivity contribution in [3.05, 3.63) is 11.6 Å². The highest BCUT2D eigenvalue weighted by Crippen LogP contribution is 2.51. The van der Waals surface area contributed by atoms with Gasteiger partial charge in [-0.3, -0.25) is 0 Å². The second kappa shape index (κ2) is 3.64. The minimum atomic E-state index is -0.361. The molecule has 0 N–H and O–H groups in total. The molecule has 2 aliphatic rings. The molecule has 1 nitrogen and oxygen atoms in total. The lowest BCUT2D eigenvalue weighted by atomic mass is 9.69. The van der Waals surface area contributed by atoms with Gasteiger partial charge in [0.1, 0.15) is 5.60 Å². The van der Waals surface area contributed by atoms with E-state index >= 15 is 0 Å². The van der Waals surface area contributed by atoms with E-state index in [1.165, 1.54) is 12.0 Å². The molecule has 0 radical (unpaired) electrons. The van der Waals surface area contributed by atoms with Crippen LogP contribution in [0.1, 0.15) is 47.0 Å². The zero-order valence-corrected chi connectivity index (χ0v) is 10.8. The van der Waals surface area contributed by atoms with Crippen molar-refractivity contribution in [2.45, 2.75) is 58.2 Å². The molecule has 1 heteroatoms. The van der Waals surface area contributed by atoms with Crippen LogP contribution in [-0.4, -0.2) is 11.2 Å². The first-order valence-corrected chi connectivity index (χ1v) is 6.29. The summed E-state index contributed by atoms with van der Waals surface area (Å²) in [5.41, 5.74) is 0.941. The highest BCUT2D eigenvalue weighted by Gasteiger charge is 2.52. The maximum atomic E-state index is 6.32. The van der Waals surface area contributed by atoms with Crippen LogP contribution in [0.3, 0.4) is 0 Å². The van der Waals surface area contributed by atoms with Crippen LogP contribution in [0, 0.1) is 24.2 Å². The molecule has 16 heavy (non-hydrogen) atoms. The normalized spacial score (nSPS) is 47.8. The lowest BCUT2D eigenvalue weighted by molar-refractivity contribution is -0.0886. The van der Waals surface area contributed by atoms with Gasteiger partial charge in [0.15, 0.2) is 0 Å². The van der Waals surface area contributed by atoms with Crippen molar-refractivity contribution < 1.29 is 4.74 Å². The van der Waals surface area contributed by atoms with E-state index < -0.39 is 0 Å².